The van der Waals surface area contributed by atoms with Gasteiger partial charge in [-0.3, -0.25) is 0 Å². The van der Waals surface area contributed by atoms with E-state index in [0.29, 0.717) is 17.0 Å². The van der Waals surface area contributed by atoms with E-state index >= 15 is 0 Å². The summed E-state index contributed by atoms with van der Waals surface area (Å²) >= 11 is 0. The molecule has 3 aromatic rings. The number of nitrogens with one attached hydrogen (secondary N) is 1. The second kappa shape index (κ2) is 4.31. The highest BCUT2D eigenvalue weighted by molar-refractivity contribution is 5.59. The molecule has 0 aliphatic rings. The quantitative estimate of drug-likeness (QED) is 0.762. The van der Waals surface area contributed by atoms with Gasteiger partial charge in [-0.2, -0.15) is 5.10 Å². The molecule has 0 aliphatic heterocycles. The van der Waals surface area contributed by atoms with Gasteiger partial charge in [0.2, 0.25) is 0 Å². The van der Waals surface area contributed by atoms with E-state index in [2.05, 4.69) is 15.2 Å². The fraction of sp³-hybridized carbons (Fsp3) is 0.154. The third-order valence-electron chi connectivity index (χ3n) is 2.92. The Morgan fingerprint density at radius 3 is 2.74 bits per heavy atom. The Labute approximate surface area is 107 Å². The van der Waals surface area contributed by atoms with Crippen molar-refractivity contribution in [2.75, 3.05) is 0 Å². The van der Waals surface area contributed by atoms with E-state index in [4.69, 9.17) is 0 Å². The van der Waals surface area contributed by atoms with Gasteiger partial charge in [0.1, 0.15) is 11.6 Å². The summed E-state index contributed by atoms with van der Waals surface area (Å²) < 4.78 is 14.4. The molecule has 0 spiro atoms. The van der Waals surface area contributed by atoms with E-state index < -0.39 is 0 Å². The molecule has 19 heavy (non-hydrogen) atoms. The molecule has 1 N–H and O–H groups in total. The Hall–Kier alpha value is -2.50. The van der Waals surface area contributed by atoms with E-state index in [1.165, 1.54) is 16.5 Å². The second-order valence-corrected chi connectivity index (χ2v) is 4.15. The number of hydrogen-bond donors (Lipinski definition) is 1. The van der Waals surface area contributed by atoms with E-state index in [1.54, 1.807) is 18.2 Å². The van der Waals surface area contributed by atoms with Crippen LogP contribution in [-0.4, -0.2) is 19.6 Å². The fourth-order valence-corrected chi connectivity index (χ4v) is 1.95. The van der Waals surface area contributed by atoms with Crippen LogP contribution in [-0.2, 0) is 6.42 Å². The maximum atomic E-state index is 13.0. The van der Waals surface area contributed by atoms with Crippen LogP contribution in [0.2, 0.25) is 0 Å². The van der Waals surface area contributed by atoms with Gasteiger partial charge >= 0.3 is 5.69 Å². The molecule has 0 saturated heterocycles. The normalized spacial score (nSPS) is 11.1. The third-order valence-corrected chi connectivity index (χ3v) is 2.92. The van der Waals surface area contributed by atoms with Crippen LogP contribution in [0.5, 0.6) is 0 Å². The van der Waals surface area contributed by atoms with Crippen LogP contribution in [0.25, 0.3) is 17.0 Å². The zero-order valence-corrected chi connectivity index (χ0v) is 10.2. The first-order valence-corrected chi connectivity index (χ1v) is 5.92. The van der Waals surface area contributed by atoms with Gasteiger partial charge in [-0.05, 0) is 30.7 Å². The molecule has 0 saturated carbocycles. The van der Waals surface area contributed by atoms with Crippen molar-refractivity contribution in [3.05, 3.63) is 52.3 Å². The number of aromatic nitrogens is 4. The van der Waals surface area contributed by atoms with Gasteiger partial charge in [-0.1, -0.05) is 6.92 Å². The Morgan fingerprint density at radius 2 is 2.05 bits per heavy atom. The van der Waals surface area contributed by atoms with Gasteiger partial charge in [-0.15, -0.1) is 0 Å². The van der Waals surface area contributed by atoms with E-state index in [1.807, 2.05) is 6.92 Å². The largest absolute Gasteiger partial charge is 0.349 e. The topological polar surface area (TPSA) is 63.0 Å². The van der Waals surface area contributed by atoms with Gasteiger partial charge in [-0.25, -0.2) is 23.7 Å². The first kappa shape index (κ1) is 11.6. The molecule has 2 aromatic heterocycles. The lowest BCUT2D eigenvalue weighted by Crippen LogP contribution is -2.13. The minimum absolute atomic E-state index is 0.328. The average Bonchev–Trinajstić information content (AvgIpc) is 2.80. The van der Waals surface area contributed by atoms with Crippen LogP contribution < -0.4 is 5.69 Å². The number of hydrogen-bond acceptors (Lipinski definition) is 3. The van der Waals surface area contributed by atoms with Gasteiger partial charge in [0.05, 0.1) is 0 Å². The van der Waals surface area contributed by atoms with Crippen molar-refractivity contribution in [3.63, 3.8) is 0 Å². The Kier molecular flexibility index (Phi) is 2.63. The molecule has 0 aliphatic carbocycles. The predicted octanol–water partition coefficient (Wildman–Crippen LogP) is 1.79. The number of rotatable bonds is 2. The molecule has 0 amide bonds. The van der Waals surface area contributed by atoms with Crippen molar-refractivity contribution in [2.24, 2.45) is 0 Å². The van der Waals surface area contributed by atoms with Crippen LogP contribution in [0.1, 0.15) is 12.6 Å². The highest BCUT2D eigenvalue weighted by Crippen LogP contribution is 2.18. The van der Waals surface area contributed by atoms with Gasteiger partial charge in [0, 0.05) is 17.3 Å². The van der Waals surface area contributed by atoms with Crippen molar-refractivity contribution < 1.29 is 4.39 Å². The molecule has 96 valence electrons. The molecule has 6 heteroatoms. The Bertz CT molecular complexity index is 789. The van der Waals surface area contributed by atoms with Crippen molar-refractivity contribution >= 4 is 5.65 Å². The van der Waals surface area contributed by atoms with Crippen LogP contribution in [0.4, 0.5) is 4.39 Å². The van der Waals surface area contributed by atoms with Crippen molar-refractivity contribution in [2.45, 2.75) is 13.3 Å². The summed E-state index contributed by atoms with van der Waals surface area (Å²) in [6.07, 6.45) is 0.728. The van der Waals surface area contributed by atoms with Crippen LogP contribution in [0, 0.1) is 5.82 Å². The summed E-state index contributed by atoms with van der Waals surface area (Å²) in [5.74, 6) is 0.138. The first-order valence-electron chi connectivity index (χ1n) is 5.92. The van der Waals surface area contributed by atoms with E-state index in [9.17, 15) is 9.18 Å². The molecule has 2 heterocycles. The van der Waals surface area contributed by atoms with Crippen molar-refractivity contribution in [1.82, 2.24) is 19.6 Å². The van der Waals surface area contributed by atoms with Gasteiger partial charge < -0.3 is 0 Å². The summed E-state index contributed by atoms with van der Waals surface area (Å²) in [6.45, 7) is 1.97. The summed E-state index contributed by atoms with van der Waals surface area (Å²) in [5, 5.41) is 6.33. The number of fused-ring (bicyclic) bond motifs is 1. The number of benzene rings is 1. The third kappa shape index (κ3) is 1.91. The zero-order valence-electron chi connectivity index (χ0n) is 10.2. The number of nitrogens with zero attached hydrogens (tertiary/aromatic N) is 3. The molecule has 0 unspecified atom stereocenters. The van der Waals surface area contributed by atoms with E-state index in [0.717, 1.165) is 12.1 Å². The fourth-order valence-electron chi connectivity index (χ4n) is 1.95. The minimum Gasteiger partial charge on any atom is -0.246 e. The average molecular weight is 258 g/mol. The lowest BCUT2D eigenvalue weighted by Gasteiger charge is -2.06. The number of halogens is 1. The van der Waals surface area contributed by atoms with Crippen LogP contribution in [0.3, 0.4) is 0 Å². The molecular weight excluding hydrogens is 247 g/mol. The highest BCUT2D eigenvalue weighted by atomic mass is 19.1. The molecule has 0 bridgehead atoms. The van der Waals surface area contributed by atoms with Crippen LogP contribution in [0.15, 0.2) is 35.1 Å². The number of aromatic amines is 1. The molecular formula is C13H11FN4O. The highest BCUT2D eigenvalue weighted by Gasteiger charge is 2.11. The predicted molar refractivity (Wildman–Crippen MR) is 68.4 cm³/mol. The number of H-pyrrole nitrogens is 1. The summed E-state index contributed by atoms with van der Waals surface area (Å²) in [4.78, 5) is 16.2. The lowest BCUT2D eigenvalue weighted by molar-refractivity contribution is 0.628. The lowest BCUT2D eigenvalue weighted by atomic mass is 10.2. The number of aryl methyl sites for hydroxylation is 1. The SMILES string of the molecule is CCc1cc2n[nH]c(=O)n2c(-c2ccc(F)cc2)n1. The maximum absolute atomic E-state index is 13.0. The molecule has 0 radical (unpaired) electrons. The summed E-state index contributed by atoms with van der Waals surface area (Å²) in [6, 6.07) is 7.62. The Morgan fingerprint density at radius 1 is 1.32 bits per heavy atom. The summed E-state index contributed by atoms with van der Waals surface area (Å²) in [7, 11) is 0. The first-order chi connectivity index (χ1) is 9.19. The standard InChI is InChI=1S/C13H11FN4O/c1-2-10-7-11-16-17-13(19)18(11)12(15-10)8-3-5-9(14)6-4-8/h3-7H,2H2,1H3,(H,17,19). The van der Waals surface area contributed by atoms with Crippen molar-refractivity contribution in [3.8, 4) is 11.4 Å². The molecule has 5 nitrogen and oxygen atoms in total. The molecule has 1 aromatic carbocycles. The Balaban J connectivity index is 2.34. The monoisotopic (exact) mass is 258 g/mol. The molecule has 0 atom stereocenters. The van der Waals surface area contributed by atoms with Crippen LogP contribution >= 0.6 is 0 Å². The summed E-state index contributed by atoms with van der Waals surface area (Å²) in [5.41, 5.74) is 1.65. The molecule has 0 fully saturated rings. The second-order valence-electron chi connectivity index (χ2n) is 4.15. The smallest absolute Gasteiger partial charge is 0.246 e. The molecule has 3 rings (SSSR count). The van der Waals surface area contributed by atoms with E-state index in [-0.39, 0.29) is 11.5 Å². The van der Waals surface area contributed by atoms with Crippen molar-refractivity contribution in [1.29, 1.82) is 0 Å². The van der Waals surface area contributed by atoms with Gasteiger partial charge in [0.15, 0.2) is 5.65 Å². The minimum atomic E-state index is -0.357. The van der Waals surface area contributed by atoms with Gasteiger partial charge in [0.25, 0.3) is 0 Å². The maximum Gasteiger partial charge on any atom is 0.349 e. The zero-order chi connectivity index (χ0) is 13.4.